The third-order valence-corrected chi connectivity index (χ3v) is 5.58. The number of piperidine rings is 1. The molecule has 2 heterocycles. The maximum absolute atomic E-state index is 12.8. The molecule has 1 aromatic heterocycles. The van der Waals surface area contributed by atoms with E-state index in [1.165, 1.54) is 0 Å². The maximum Gasteiger partial charge on any atom is 0.255 e. The molecular formula is C24H22ClN3O2. The van der Waals surface area contributed by atoms with Gasteiger partial charge in [-0.1, -0.05) is 35.9 Å². The van der Waals surface area contributed by atoms with E-state index in [2.05, 4.69) is 10.3 Å². The fourth-order valence-electron chi connectivity index (χ4n) is 3.71. The lowest BCUT2D eigenvalue weighted by Crippen LogP contribution is -2.41. The molecule has 1 aliphatic heterocycles. The van der Waals surface area contributed by atoms with E-state index in [9.17, 15) is 9.59 Å². The summed E-state index contributed by atoms with van der Waals surface area (Å²) in [6, 6.07) is 18.9. The minimum Gasteiger partial charge on any atom is -0.339 e. The molecule has 2 aromatic carbocycles. The lowest BCUT2D eigenvalue weighted by atomic mass is 9.95. The molecule has 1 saturated heterocycles. The van der Waals surface area contributed by atoms with Crippen LogP contribution in [0.15, 0.2) is 73.1 Å². The van der Waals surface area contributed by atoms with Crippen LogP contribution < -0.4 is 5.32 Å². The first kappa shape index (κ1) is 20.1. The molecule has 0 atom stereocenters. The van der Waals surface area contributed by atoms with Gasteiger partial charge in [0.25, 0.3) is 5.91 Å². The van der Waals surface area contributed by atoms with E-state index < -0.39 is 0 Å². The lowest BCUT2D eigenvalue weighted by Gasteiger charge is -2.31. The zero-order valence-corrected chi connectivity index (χ0v) is 17.2. The van der Waals surface area contributed by atoms with Crippen molar-refractivity contribution in [1.29, 1.82) is 0 Å². The van der Waals surface area contributed by atoms with Gasteiger partial charge in [-0.2, -0.15) is 0 Å². The van der Waals surface area contributed by atoms with Gasteiger partial charge in [0.05, 0.1) is 5.56 Å². The summed E-state index contributed by atoms with van der Waals surface area (Å²) in [4.78, 5) is 31.1. The number of amides is 2. The quantitative estimate of drug-likeness (QED) is 0.654. The van der Waals surface area contributed by atoms with Gasteiger partial charge in [-0.15, -0.1) is 0 Å². The second kappa shape index (κ2) is 9.09. The van der Waals surface area contributed by atoms with Crippen LogP contribution in [0.4, 0.5) is 5.69 Å². The number of hydrogen-bond acceptors (Lipinski definition) is 3. The van der Waals surface area contributed by atoms with Crippen molar-refractivity contribution in [3.63, 3.8) is 0 Å². The fourth-order valence-corrected chi connectivity index (χ4v) is 3.90. The van der Waals surface area contributed by atoms with Crippen LogP contribution in [0.25, 0.3) is 11.1 Å². The summed E-state index contributed by atoms with van der Waals surface area (Å²) in [5.74, 6) is -0.152. The SMILES string of the molecule is O=C(Nc1cccc(-c2cccc(Cl)c2)c1)C1CCN(C(=O)c2cccnc2)CC1. The first-order chi connectivity index (χ1) is 14.6. The maximum atomic E-state index is 12.8. The molecule has 4 rings (SSSR count). The number of carbonyl (C=O) groups excluding carboxylic acids is 2. The van der Waals surface area contributed by atoms with Crippen LogP contribution in [0.1, 0.15) is 23.2 Å². The Balaban J connectivity index is 1.36. The smallest absolute Gasteiger partial charge is 0.255 e. The molecule has 0 spiro atoms. The minimum absolute atomic E-state index is 0.00767. The Labute approximate surface area is 180 Å². The monoisotopic (exact) mass is 419 g/mol. The number of benzene rings is 2. The van der Waals surface area contributed by atoms with Gasteiger partial charge in [0.2, 0.25) is 5.91 Å². The molecule has 0 saturated carbocycles. The van der Waals surface area contributed by atoms with Crippen molar-refractivity contribution in [3.8, 4) is 11.1 Å². The highest BCUT2D eigenvalue weighted by Crippen LogP contribution is 2.26. The molecular weight excluding hydrogens is 398 g/mol. The molecule has 0 unspecified atom stereocenters. The van der Waals surface area contributed by atoms with Crippen LogP contribution in [-0.2, 0) is 4.79 Å². The van der Waals surface area contributed by atoms with Gasteiger partial charge in [0, 0.05) is 42.1 Å². The van der Waals surface area contributed by atoms with Gasteiger partial charge in [-0.3, -0.25) is 14.6 Å². The summed E-state index contributed by atoms with van der Waals surface area (Å²) in [5.41, 5.74) is 3.33. The zero-order valence-electron chi connectivity index (χ0n) is 16.4. The summed E-state index contributed by atoms with van der Waals surface area (Å²) in [5, 5.41) is 3.70. The van der Waals surface area contributed by atoms with Gasteiger partial charge in [-0.25, -0.2) is 0 Å². The molecule has 30 heavy (non-hydrogen) atoms. The molecule has 1 N–H and O–H groups in total. The minimum atomic E-state index is -0.113. The second-order valence-electron chi connectivity index (χ2n) is 7.39. The van der Waals surface area contributed by atoms with Crippen molar-refractivity contribution in [2.24, 2.45) is 5.92 Å². The standard InChI is InChI=1S/C24H22ClN3O2/c25-21-7-1-4-18(14-21)19-5-2-8-22(15-19)27-23(29)17-9-12-28(13-10-17)24(30)20-6-3-11-26-16-20/h1-8,11,14-17H,9-10,12-13H2,(H,27,29). The van der Waals surface area contributed by atoms with Crippen molar-refractivity contribution in [3.05, 3.63) is 83.6 Å². The summed E-state index contributed by atoms with van der Waals surface area (Å²) in [7, 11) is 0. The highest BCUT2D eigenvalue weighted by Gasteiger charge is 2.28. The van der Waals surface area contributed by atoms with Crippen LogP contribution in [-0.4, -0.2) is 34.8 Å². The average molecular weight is 420 g/mol. The van der Waals surface area contributed by atoms with E-state index in [0.29, 0.717) is 36.5 Å². The topological polar surface area (TPSA) is 62.3 Å². The predicted octanol–water partition coefficient (Wildman–Crippen LogP) is 4.89. The van der Waals surface area contributed by atoms with Gasteiger partial charge in [-0.05, 0) is 60.4 Å². The van der Waals surface area contributed by atoms with Gasteiger partial charge >= 0.3 is 0 Å². The van der Waals surface area contributed by atoms with E-state index in [0.717, 1.165) is 16.8 Å². The number of likely N-dealkylation sites (tertiary alicyclic amines) is 1. The first-order valence-corrected chi connectivity index (χ1v) is 10.3. The van der Waals surface area contributed by atoms with Crippen LogP contribution in [0.2, 0.25) is 5.02 Å². The molecule has 0 bridgehead atoms. The molecule has 5 nitrogen and oxygen atoms in total. The molecule has 1 fully saturated rings. The second-order valence-corrected chi connectivity index (χ2v) is 7.83. The normalized spacial score (nSPS) is 14.4. The predicted molar refractivity (Wildman–Crippen MR) is 118 cm³/mol. The molecule has 0 aliphatic carbocycles. The molecule has 2 amide bonds. The Morgan fingerprint density at radius 3 is 2.40 bits per heavy atom. The van der Waals surface area contributed by atoms with Crippen LogP contribution in [0.5, 0.6) is 0 Å². The summed E-state index contributed by atoms with van der Waals surface area (Å²) < 4.78 is 0. The molecule has 152 valence electrons. The number of rotatable bonds is 4. The van der Waals surface area contributed by atoms with E-state index in [4.69, 9.17) is 11.6 Å². The van der Waals surface area contributed by atoms with E-state index in [1.54, 1.807) is 29.4 Å². The average Bonchev–Trinajstić information content (AvgIpc) is 2.79. The summed E-state index contributed by atoms with van der Waals surface area (Å²) in [6.07, 6.45) is 4.51. The van der Waals surface area contributed by atoms with Crippen molar-refractivity contribution in [2.45, 2.75) is 12.8 Å². The van der Waals surface area contributed by atoms with Crippen molar-refractivity contribution < 1.29 is 9.59 Å². The number of hydrogen-bond donors (Lipinski definition) is 1. The Morgan fingerprint density at radius 2 is 1.70 bits per heavy atom. The van der Waals surface area contributed by atoms with E-state index >= 15 is 0 Å². The van der Waals surface area contributed by atoms with E-state index in [1.807, 2.05) is 48.5 Å². The van der Waals surface area contributed by atoms with Gasteiger partial charge in [0.15, 0.2) is 0 Å². The molecule has 1 aliphatic rings. The number of nitrogens with zero attached hydrogens (tertiary/aromatic N) is 2. The number of halogens is 1. The Kier molecular flexibility index (Phi) is 6.10. The number of nitrogens with one attached hydrogen (secondary N) is 1. The van der Waals surface area contributed by atoms with Crippen LogP contribution in [0.3, 0.4) is 0 Å². The number of carbonyl (C=O) groups is 2. The third-order valence-electron chi connectivity index (χ3n) is 5.35. The molecule has 6 heteroatoms. The fraction of sp³-hybridized carbons (Fsp3) is 0.208. The highest BCUT2D eigenvalue weighted by molar-refractivity contribution is 6.30. The lowest BCUT2D eigenvalue weighted by molar-refractivity contribution is -0.121. The largest absolute Gasteiger partial charge is 0.339 e. The Hall–Kier alpha value is -3.18. The number of anilines is 1. The zero-order chi connectivity index (χ0) is 20.9. The number of pyridine rings is 1. The van der Waals surface area contributed by atoms with Crippen LogP contribution >= 0.6 is 11.6 Å². The summed E-state index contributed by atoms with van der Waals surface area (Å²) in [6.45, 7) is 1.13. The third kappa shape index (κ3) is 4.69. The Morgan fingerprint density at radius 1 is 0.967 bits per heavy atom. The van der Waals surface area contributed by atoms with Crippen molar-refractivity contribution >= 4 is 29.1 Å². The number of aromatic nitrogens is 1. The Bertz CT molecular complexity index is 1050. The molecule has 3 aromatic rings. The molecule has 0 radical (unpaired) electrons. The van der Waals surface area contributed by atoms with E-state index in [-0.39, 0.29) is 17.7 Å². The van der Waals surface area contributed by atoms with Gasteiger partial charge in [0.1, 0.15) is 0 Å². The summed E-state index contributed by atoms with van der Waals surface area (Å²) >= 11 is 6.09. The first-order valence-electron chi connectivity index (χ1n) is 9.96. The van der Waals surface area contributed by atoms with Crippen molar-refractivity contribution in [2.75, 3.05) is 18.4 Å². The van der Waals surface area contributed by atoms with Crippen LogP contribution in [0, 0.1) is 5.92 Å². The van der Waals surface area contributed by atoms with Gasteiger partial charge < -0.3 is 10.2 Å². The highest BCUT2D eigenvalue weighted by atomic mass is 35.5. The van der Waals surface area contributed by atoms with Crippen molar-refractivity contribution in [1.82, 2.24) is 9.88 Å².